The molecule has 0 saturated carbocycles. The molecule has 1 aromatic carbocycles. The van der Waals surface area contributed by atoms with E-state index in [1.807, 2.05) is 23.6 Å². The monoisotopic (exact) mass is 489 g/mol. The van der Waals surface area contributed by atoms with Crippen LogP contribution >= 0.6 is 0 Å². The summed E-state index contributed by atoms with van der Waals surface area (Å²) >= 11 is 0. The first-order chi connectivity index (χ1) is 16.7. The Hall–Kier alpha value is -3.50. The molecule has 0 spiro atoms. The molecular formula is C24H27F4N7. The quantitative estimate of drug-likeness (QED) is 0.470. The second-order valence-corrected chi connectivity index (χ2v) is 8.24. The Morgan fingerprint density at radius 2 is 1.63 bits per heavy atom. The molecule has 1 aliphatic rings. The van der Waals surface area contributed by atoms with E-state index in [-0.39, 0.29) is 11.6 Å². The third-order valence-corrected chi connectivity index (χ3v) is 6.04. The molecule has 186 valence electrons. The van der Waals surface area contributed by atoms with E-state index < -0.39 is 11.7 Å². The van der Waals surface area contributed by atoms with Crippen molar-refractivity contribution in [2.24, 2.45) is 0 Å². The maximum Gasteiger partial charge on any atom is 0.419 e. The summed E-state index contributed by atoms with van der Waals surface area (Å²) in [6, 6.07) is 7.18. The fourth-order valence-electron chi connectivity index (χ4n) is 3.99. The topological polar surface area (TPSA) is 61.3 Å². The summed E-state index contributed by atoms with van der Waals surface area (Å²) in [5, 5.41) is 0. The van der Waals surface area contributed by atoms with Crippen LogP contribution in [0.15, 0.2) is 36.5 Å². The lowest BCUT2D eigenvalue weighted by Gasteiger charge is -2.36. The van der Waals surface area contributed by atoms with Gasteiger partial charge >= 0.3 is 6.18 Å². The molecule has 3 aromatic rings. The maximum atomic E-state index is 14.2. The zero-order valence-corrected chi connectivity index (χ0v) is 19.8. The standard InChI is InChI=1S/C24H27F4N7/c1-4-33(5-2)22-30-20(17-9-8-16(3)19(25)15-17)31-23(32-22)35-13-11-34(12-14-35)21-18(24(26,27)28)7-6-10-29-21/h6-10,15H,4-5,11-14H2,1-3H3. The fraction of sp³-hybridized carbons (Fsp3) is 0.417. The summed E-state index contributed by atoms with van der Waals surface area (Å²) < 4.78 is 54.6. The van der Waals surface area contributed by atoms with Crippen LogP contribution in [-0.2, 0) is 6.18 Å². The van der Waals surface area contributed by atoms with Crippen molar-refractivity contribution in [3.63, 3.8) is 0 Å². The summed E-state index contributed by atoms with van der Waals surface area (Å²) in [5.74, 6) is 0.813. The van der Waals surface area contributed by atoms with Gasteiger partial charge in [-0.1, -0.05) is 12.1 Å². The second-order valence-electron chi connectivity index (χ2n) is 8.24. The SMILES string of the molecule is CCN(CC)c1nc(-c2ccc(C)c(F)c2)nc(N2CCN(c3ncccc3C(F)(F)F)CC2)n1. The minimum atomic E-state index is -4.48. The van der Waals surface area contributed by atoms with E-state index in [4.69, 9.17) is 0 Å². The first-order valence-electron chi connectivity index (χ1n) is 11.5. The molecule has 35 heavy (non-hydrogen) atoms. The van der Waals surface area contributed by atoms with E-state index in [1.54, 1.807) is 24.0 Å². The highest BCUT2D eigenvalue weighted by Crippen LogP contribution is 2.35. The van der Waals surface area contributed by atoms with Crippen molar-refractivity contribution in [3.8, 4) is 11.4 Å². The largest absolute Gasteiger partial charge is 0.419 e. The van der Waals surface area contributed by atoms with E-state index in [0.29, 0.717) is 68.1 Å². The number of aryl methyl sites for hydroxylation is 1. The van der Waals surface area contributed by atoms with Gasteiger partial charge in [0.05, 0.1) is 5.56 Å². The molecule has 1 fully saturated rings. The van der Waals surface area contributed by atoms with Crippen molar-refractivity contribution >= 4 is 17.7 Å². The minimum absolute atomic E-state index is 0.0741. The van der Waals surface area contributed by atoms with E-state index in [9.17, 15) is 17.6 Å². The Kier molecular flexibility index (Phi) is 7.04. The number of hydrogen-bond acceptors (Lipinski definition) is 7. The number of benzene rings is 1. The lowest BCUT2D eigenvalue weighted by molar-refractivity contribution is -0.137. The van der Waals surface area contributed by atoms with Gasteiger partial charge in [0.2, 0.25) is 11.9 Å². The molecule has 1 aliphatic heterocycles. The number of anilines is 3. The van der Waals surface area contributed by atoms with Gasteiger partial charge < -0.3 is 14.7 Å². The molecule has 7 nitrogen and oxygen atoms in total. The van der Waals surface area contributed by atoms with Crippen molar-refractivity contribution in [2.45, 2.75) is 26.9 Å². The van der Waals surface area contributed by atoms with Crippen LogP contribution in [0.1, 0.15) is 25.0 Å². The fourth-order valence-corrected chi connectivity index (χ4v) is 3.99. The van der Waals surface area contributed by atoms with Gasteiger partial charge in [0.25, 0.3) is 0 Å². The van der Waals surface area contributed by atoms with Crippen molar-refractivity contribution in [3.05, 3.63) is 53.5 Å². The highest BCUT2D eigenvalue weighted by atomic mass is 19.4. The Balaban J connectivity index is 1.63. The predicted molar refractivity (Wildman–Crippen MR) is 127 cm³/mol. The molecular weight excluding hydrogens is 462 g/mol. The van der Waals surface area contributed by atoms with Crippen molar-refractivity contribution in [2.75, 3.05) is 54.0 Å². The van der Waals surface area contributed by atoms with Gasteiger partial charge in [-0.15, -0.1) is 0 Å². The lowest BCUT2D eigenvalue weighted by Crippen LogP contribution is -2.48. The third kappa shape index (κ3) is 5.28. The number of rotatable bonds is 6. The van der Waals surface area contributed by atoms with Crippen LogP contribution in [-0.4, -0.2) is 59.2 Å². The van der Waals surface area contributed by atoms with Crippen LogP contribution in [0.5, 0.6) is 0 Å². The first kappa shape index (κ1) is 24.6. The maximum absolute atomic E-state index is 14.2. The van der Waals surface area contributed by atoms with Crippen LogP contribution in [0, 0.1) is 12.7 Å². The molecule has 1 saturated heterocycles. The average molecular weight is 490 g/mol. The average Bonchev–Trinajstić information content (AvgIpc) is 2.86. The Labute approximate surface area is 201 Å². The van der Waals surface area contributed by atoms with Gasteiger partial charge in [-0.25, -0.2) is 9.37 Å². The molecule has 0 radical (unpaired) electrons. The summed E-state index contributed by atoms with van der Waals surface area (Å²) in [5.41, 5.74) is 0.309. The number of halogens is 4. The summed E-state index contributed by atoms with van der Waals surface area (Å²) in [4.78, 5) is 23.3. The number of nitrogens with zero attached hydrogens (tertiary/aromatic N) is 7. The zero-order valence-electron chi connectivity index (χ0n) is 19.8. The number of piperazine rings is 1. The predicted octanol–water partition coefficient (Wildman–Crippen LogP) is 4.57. The molecule has 11 heteroatoms. The molecule has 2 aromatic heterocycles. The van der Waals surface area contributed by atoms with Crippen molar-refractivity contribution < 1.29 is 17.6 Å². The number of aromatic nitrogens is 4. The zero-order chi connectivity index (χ0) is 25.2. The van der Waals surface area contributed by atoms with Gasteiger partial charge in [0, 0.05) is 51.0 Å². The van der Waals surface area contributed by atoms with E-state index in [1.165, 1.54) is 18.3 Å². The van der Waals surface area contributed by atoms with Crippen LogP contribution < -0.4 is 14.7 Å². The molecule has 0 atom stereocenters. The number of pyridine rings is 1. The molecule has 0 aliphatic carbocycles. The number of alkyl halides is 3. The normalized spacial score (nSPS) is 14.4. The van der Waals surface area contributed by atoms with Gasteiger partial charge in [-0.3, -0.25) is 0 Å². The smallest absolute Gasteiger partial charge is 0.353 e. The Bertz CT molecular complexity index is 1170. The van der Waals surface area contributed by atoms with Crippen molar-refractivity contribution in [1.29, 1.82) is 0 Å². The molecule has 3 heterocycles. The van der Waals surface area contributed by atoms with Crippen LogP contribution in [0.2, 0.25) is 0 Å². The summed E-state index contributed by atoms with van der Waals surface area (Å²) in [6.07, 6.45) is -3.11. The van der Waals surface area contributed by atoms with Crippen LogP contribution in [0.3, 0.4) is 0 Å². The Morgan fingerprint density at radius 3 is 2.26 bits per heavy atom. The van der Waals surface area contributed by atoms with Gasteiger partial charge in [0.1, 0.15) is 11.6 Å². The molecule has 4 rings (SSSR count). The van der Waals surface area contributed by atoms with Crippen LogP contribution in [0.4, 0.5) is 35.3 Å². The third-order valence-electron chi connectivity index (χ3n) is 6.04. The molecule has 0 unspecified atom stereocenters. The van der Waals surface area contributed by atoms with Gasteiger partial charge in [0.15, 0.2) is 5.82 Å². The highest BCUT2D eigenvalue weighted by molar-refractivity contribution is 5.60. The van der Waals surface area contributed by atoms with Crippen molar-refractivity contribution in [1.82, 2.24) is 19.9 Å². The molecule has 0 amide bonds. The molecule has 0 N–H and O–H groups in total. The van der Waals surface area contributed by atoms with E-state index in [0.717, 1.165) is 6.07 Å². The first-order valence-corrected chi connectivity index (χ1v) is 11.5. The Morgan fingerprint density at radius 1 is 0.943 bits per heavy atom. The second kappa shape index (κ2) is 10.0. The minimum Gasteiger partial charge on any atom is -0.353 e. The number of hydrogen-bond donors (Lipinski definition) is 0. The molecule has 0 bridgehead atoms. The van der Waals surface area contributed by atoms with Crippen LogP contribution in [0.25, 0.3) is 11.4 Å². The summed E-state index contributed by atoms with van der Waals surface area (Å²) in [7, 11) is 0. The van der Waals surface area contributed by atoms with E-state index >= 15 is 0 Å². The van der Waals surface area contributed by atoms with E-state index in [2.05, 4.69) is 19.9 Å². The summed E-state index contributed by atoms with van der Waals surface area (Å²) in [6.45, 7) is 8.45. The van der Waals surface area contributed by atoms with Gasteiger partial charge in [-0.2, -0.15) is 28.1 Å². The highest BCUT2D eigenvalue weighted by Gasteiger charge is 2.36. The lowest BCUT2D eigenvalue weighted by atomic mass is 10.1. The van der Waals surface area contributed by atoms with Gasteiger partial charge in [-0.05, 0) is 44.5 Å².